The van der Waals surface area contributed by atoms with Crippen molar-refractivity contribution in [3.8, 4) is 0 Å². The van der Waals surface area contributed by atoms with Crippen LogP contribution in [0.3, 0.4) is 0 Å². The molecule has 8 nitrogen and oxygen atoms in total. The van der Waals surface area contributed by atoms with Crippen molar-refractivity contribution >= 4 is 5.97 Å². The summed E-state index contributed by atoms with van der Waals surface area (Å²) >= 11 is 0. The van der Waals surface area contributed by atoms with Gasteiger partial charge in [0.2, 0.25) is 0 Å². The van der Waals surface area contributed by atoms with Crippen molar-refractivity contribution in [2.75, 3.05) is 19.8 Å². The van der Waals surface area contributed by atoms with Gasteiger partial charge in [0.15, 0.2) is 17.9 Å². The normalized spacial score (nSPS) is 39.8. The molecule has 0 saturated carbocycles. The van der Waals surface area contributed by atoms with Crippen LogP contribution in [0.25, 0.3) is 0 Å². The number of ether oxygens (including phenoxy) is 7. The molecule has 8 heteroatoms. The van der Waals surface area contributed by atoms with E-state index in [1.807, 2.05) is 27.7 Å². The molecule has 0 aromatic carbocycles. The lowest BCUT2D eigenvalue weighted by Crippen LogP contribution is -2.45. The van der Waals surface area contributed by atoms with Gasteiger partial charge in [0.1, 0.15) is 31.0 Å². The van der Waals surface area contributed by atoms with Gasteiger partial charge in [-0.3, -0.25) is 0 Å². The van der Waals surface area contributed by atoms with Gasteiger partial charge in [-0.05, 0) is 34.6 Å². The molecule has 3 rings (SSSR count). The summed E-state index contributed by atoms with van der Waals surface area (Å²) in [5.74, 6) is -1.88. The highest BCUT2D eigenvalue weighted by atomic mass is 16.8. The molecule has 5 atom stereocenters. The van der Waals surface area contributed by atoms with E-state index in [0.717, 1.165) is 0 Å². The molecule has 0 unspecified atom stereocenters. The van der Waals surface area contributed by atoms with E-state index in [4.69, 9.17) is 33.2 Å². The van der Waals surface area contributed by atoms with Crippen molar-refractivity contribution in [1.29, 1.82) is 0 Å². The summed E-state index contributed by atoms with van der Waals surface area (Å²) in [5.41, 5.74) is 0. The Morgan fingerprint density at radius 3 is 2.46 bits per heavy atom. The molecule has 0 radical (unpaired) electrons. The number of carbonyl (C=O) groups is 1. The Bertz CT molecular complexity index is 477. The Kier molecular flexibility index (Phi) is 4.89. The molecule has 0 amide bonds. The molecule has 3 heterocycles. The third-order valence-electron chi connectivity index (χ3n) is 4.12. The minimum absolute atomic E-state index is 0.178. The maximum absolute atomic E-state index is 11.6. The second kappa shape index (κ2) is 6.51. The van der Waals surface area contributed by atoms with E-state index in [1.165, 1.54) is 0 Å². The predicted molar refractivity (Wildman–Crippen MR) is 80.0 cm³/mol. The molecule has 3 aliphatic rings. The quantitative estimate of drug-likeness (QED) is 0.681. The number of fused-ring (bicyclic) bond motifs is 1. The lowest BCUT2D eigenvalue weighted by Gasteiger charge is -2.28. The van der Waals surface area contributed by atoms with E-state index in [0.29, 0.717) is 13.2 Å². The molecule has 0 spiro atoms. The summed E-state index contributed by atoms with van der Waals surface area (Å²) in [6.07, 6.45) is -2.29. The summed E-state index contributed by atoms with van der Waals surface area (Å²) in [6.45, 7) is 9.55. The Balaban J connectivity index is 1.69. The zero-order chi connectivity index (χ0) is 17.5. The van der Waals surface area contributed by atoms with E-state index in [9.17, 15) is 4.79 Å². The fraction of sp³-hybridized carbons (Fsp3) is 0.938. The van der Waals surface area contributed by atoms with Crippen LogP contribution >= 0.6 is 0 Å². The minimum Gasteiger partial charge on any atom is -0.464 e. The monoisotopic (exact) mass is 346 g/mol. The minimum atomic E-state index is -0.766. The average Bonchev–Trinajstić information content (AvgIpc) is 3.06. The van der Waals surface area contributed by atoms with Crippen LogP contribution in [0.1, 0.15) is 34.6 Å². The van der Waals surface area contributed by atoms with Gasteiger partial charge in [0.25, 0.3) is 0 Å². The largest absolute Gasteiger partial charge is 0.464 e. The fourth-order valence-corrected chi connectivity index (χ4v) is 3.24. The van der Waals surface area contributed by atoms with Crippen LogP contribution in [-0.4, -0.2) is 68.1 Å². The molecular formula is C16H26O8. The molecule has 138 valence electrons. The van der Waals surface area contributed by atoms with Crippen molar-refractivity contribution in [1.82, 2.24) is 0 Å². The number of hydrogen-bond acceptors (Lipinski definition) is 8. The van der Waals surface area contributed by atoms with Gasteiger partial charge < -0.3 is 33.2 Å². The molecule has 0 aromatic rings. The Morgan fingerprint density at radius 2 is 1.83 bits per heavy atom. The van der Waals surface area contributed by atoms with Crippen LogP contribution in [-0.2, 0) is 38.0 Å². The standard InChI is InChI=1S/C16H26O8/c1-6-18-10(17)8-19-12-11(9-7-20-15(2,3)22-9)21-14-13(12)23-16(4,5)24-14/h9,11-14H,6-8H2,1-5H3/t9-,11-,12+,13-,14-/m1/s1. The van der Waals surface area contributed by atoms with Gasteiger partial charge in [0.05, 0.1) is 13.2 Å². The SMILES string of the molecule is CCOC(=O)CO[C@@H]1[C@H]2OC(C)(C)O[C@H]2O[C@@H]1[C@H]1COC(C)(C)O1. The number of esters is 1. The van der Waals surface area contributed by atoms with Crippen LogP contribution in [0.5, 0.6) is 0 Å². The average molecular weight is 346 g/mol. The highest BCUT2D eigenvalue weighted by Crippen LogP contribution is 2.41. The summed E-state index contributed by atoms with van der Waals surface area (Å²) < 4.78 is 39.8. The van der Waals surface area contributed by atoms with E-state index >= 15 is 0 Å². The Morgan fingerprint density at radius 1 is 1.08 bits per heavy atom. The van der Waals surface area contributed by atoms with E-state index < -0.39 is 42.1 Å². The van der Waals surface area contributed by atoms with Crippen molar-refractivity contribution in [3.63, 3.8) is 0 Å². The highest BCUT2D eigenvalue weighted by molar-refractivity contribution is 5.70. The topological polar surface area (TPSA) is 81.7 Å². The van der Waals surface area contributed by atoms with Gasteiger partial charge in [-0.1, -0.05) is 0 Å². The summed E-state index contributed by atoms with van der Waals surface area (Å²) in [7, 11) is 0. The number of hydrogen-bond donors (Lipinski definition) is 0. The van der Waals surface area contributed by atoms with Gasteiger partial charge in [-0.2, -0.15) is 0 Å². The third kappa shape index (κ3) is 3.74. The Labute approximate surface area is 141 Å². The molecule has 0 aliphatic carbocycles. The fourth-order valence-electron chi connectivity index (χ4n) is 3.24. The zero-order valence-electron chi connectivity index (χ0n) is 14.8. The lowest BCUT2D eigenvalue weighted by atomic mass is 10.1. The van der Waals surface area contributed by atoms with Crippen molar-refractivity contribution in [2.45, 2.75) is 76.9 Å². The molecule has 0 aromatic heterocycles. The van der Waals surface area contributed by atoms with E-state index in [1.54, 1.807) is 6.92 Å². The molecule has 0 N–H and O–H groups in total. The van der Waals surface area contributed by atoms with E-state index in [-0.39, 0.29) is 12.7 Å². The molecule has 0 bridgehead atoms. The van der Waals surface area contributed by atoms with Crippen LogP contribution < -0.4 is 0 Å². The van der Waals surface area contributed by atoms with Crippen LogP contribution in [0.2, 0.25) is 0 Å². The first kappa shape index (κ1) is 18.0. The second-order valence-electron chi connectivity index (χ2n) is 7.02. The van der Waals surface area contributed by atoms with Crippen LogP contribution in [0.15, 0.2) is 0 Å². The van der Waals surface area contributed by atoms with E-state index in [2.05, 4.69) is 0 Å². The smallest absolute Gasteiger partial charge is 0.332 e. The number of rotatable bonds is 5. The molecule has 3 saturated heterocycles. The summed E-state index contributed by atoms with van der Waals surface area (Å²) in [5, 5.41) is 0. The molecular weight excluding hydrogens is 320 g/mol. The molecule has 24 heavy (non-hydrogen) atoms. The van der Waals surface area contributed by atoms with Gasteiger partial charge in [0, 0.05) is 0 Å². The lowest BCUT2D eigenvalue weighted by molar-refractivity contribution is -0.236. The first-order valence-electron chi connectivity index (χ1n) is 8.31. The van der Waals surface area contributed by atoms with Crippen molar-refractivity contribution in [2.24, 2.45) is 0 Å². The number of carbonyl (C=O) groups excluding carboxylic acids is 1. The van der Waals surface area contributed by atoms with Crippen molar-refractivity contribution in [3.05, 3.63) is 0 Å². The van der Waals surface area contributed by atoms with Crippen LogP contribution in [0, 0.1) is 0 Å². The van der Waals surface area contributed by atoms with Crippen molar-refractivity contribution < 1.29 is 38.0 Å². The maximum Gasteiger partial charge on any atom is 0.332 e. The predicted octanol–water partition coefficient (Wildman–Crippen LogP) is 0.963. The van der Waals surface area contributed by atoms with Crippen LogP contribution in [0.4, 0.5) is 0 Å². The van der Waals surface area contributed by atoms with Gasteiger partial charge in [-0.15, -0.1) is 0 Å². The van der Waals surface area contributed by atoms with Gasteiger partial charge >= 0.3 is 5.97 Å². The first-order chi connectivity index (χ1) is 11.2. The highest BCUT2D eigenvalue weighted by Gasteiger charge is 2.59. The molecule has 3 fully saturated rings. The first-order valence-corrected chi connectivity index (χ1v) is 8.31. The zero-order valence-corrected chi connectivity index (χ0v) is 14.8. The summed E-state index contributed by atoms with van der Waals surface area (Å²) in [6, 6.07) is 0. The van der Waals surface area contributed by atoms with Gasteiger partial charge in [-0.25, -0.2) is 4.79 Å². The third-order valence-corrected chi connectivity index (χ3v) is 4.12. The second-order valence-corrected chi connectivity index (χ2v) is 7.02. The summed E-state index contributed by atoms with van der Waals surface area (Å²) in [4.78, 5) is 11.6. The maximum atomic E-state index is 11.6. The molecule has 3 aliphatic heterocycles. The Hall–Kier alpha value is -0.770.